The van der Waals surface area contributed by atoms with Crippen molar-refractivity contribution in [2.24, 2.45) is 0 Å². The Kier molecular flexibility index (Phi) is 3.82. The van der Waals surface area contributed by atoms with Crippen molar-refractivity contribution >= 4 is 19.7 Å². The Labute approximate surface area is 93.2 Å². The van der Waals surface area contributed by atoms with Crippen LogP contribution in [-0.2, 0) is 9.05 Å². The van der Waals surface area contributed by atoms with Gasteiger partial charge in [-0.3, -0.25) is 0 Å². The lowest BCUT2D eigenvalue weighted by Crippen LogP contribution is -2.01. The zero-order chi connectivity index (χ0) is 11.5. The van der Waals surface area contributed by atoms with Gasteiger partial charge >= 0.3 is 0 Å². The van der Waals surface area contributed by atoms with E-state index in [0.717, 1.165) is 0 Å². The average Bonchev–Trinajstić information content (AvgIpc) is 2.17. The monoisotopic (exact) mass is 250 g/mol. The van der Waals surface area contributed by atoms with Gasteiger partial charge in [0, 0.05) is 10.7 Å². The van der Waals surface area contributed by atoms with Crippen molar-refractivity contribution < 1.29 is 17.9 Å². The average molecular weight is 251 g/mol. The van der Waals surface area contributed by atoms with Crippen molar-refractivity contribution in [3.63, 3.8) is 0 Å². The minimum absolute atomic E-state index is 0.0784. The Balaban J connectivity index is 3.38. The van der Waals surface area contributed by atoms with Gasteiger partial charge in [-0.25, -0.2) is 8.42 Å². The van der Waals surface area contributed by atoms with E-state index in [4.69, 9.17) is 20.2 Å². The first-order valence-electron chi connectivity index (χ1n) is 4.25. The summed E-state index contributed by atoms with van der Waals surface area (Å²) in [6.45, 7) is 2.08. The van der Waals surface area contributed by atoms with Crippen LogP contribution in [0.5, 0.6) is 11.5 Å². The Morgan fingerprint density at radius 3 is 2.53 bits per heavy atom. The number of methoxy groups -OCH3 is 1. The molecular weight excluding hydrogens is 240 g/mol. The number of halogens is 1. The summed E-state index contributed by atoms with van der Waals surface area (Å²) < 4.78 is 32.6. The first-order chi connectivity index (χ1) is 7.00. The van der Waals surface area contributed by atoms with Crippen molar-refractivity contribution in [1.29, 1.82) is 0 Å². The van der Waals surface area contributed by atoms with Crippen molar-refractivity contribution in [3.8, 4) is 11.5 Å². The first-order valence-corrected chi connectivity index (χ1v) is 6.56. The zero-order valence-electron chi connectivity index (χ0n) is 8.36. The minimum Gasteiger partial charge on any atom is -0.493 e. The van der Waals surface area contributed by atoms with Gasteiger partial charge < -0.3 is 9.47 Å². The molecule has 0 amide bonds. The van der Waals surface area contributed by atoms with E-state index in [9.17, 15) is 8.42 Å². The molecule has 0 unspecified atom stereocenters. The van der Waals surface area contributed by atoms with Crippen LogP contribution < -0.4 is 9.47 Å². The smallest absolute Gasteiger partial charge is 0.265 e. The fraction of sp³-hybridized carbons (Fsp3) is 0.333. The molecule has 0 heterocycles. The molecule has 0 bridgehead atoms. The van der Waals surface area contributed by atoms with Gasteiger partial charge in [0.05, 0.1) is 13.7 Å². The van der Waals surface area contributed by atoms with Crippen molar-refractivity contribution in [1.82, 2.24) is 0 Å². The predicted molar refractivity (Wildman–Crippen MR) is 57.2 cm³/mol. The molecular formula is C9H11ClO4S. The number of ether oxygens (including phenoxy) is 2. The van der Waals surface area contributed by atoms with Crippen LogP contribution in [-0.4, -0.2) is 22.1 Å². The molecule has 1 aromatic rings. The molecule has 84 valence electrons. The summed E-state index contributed by atoms with van der Waals surface area (Å²) in [6, 6.07) is 4.52. The van der Waals surface area contributed by atoms with Gasteiger partial charge in [0.25, 0.3) is 9.05 Å². The summed E-state index contributed by atoms with van der Waals surface area (Å²) in [6.07, 6.45) is 0. The largest absolute Gasteiger partial charge is 0.493 e. The van der Waals surface area contributed by atoms with Gasteiger partial charge in [0.15, 0.2) is 11.5 Å². The van der Waals surface area contributed by atoms with E-state index in [1.165, 1.54) is 19.2 Å². The number of hydrogen-bond donors (Lipinski definition) is 0. The SMILES string of the molecule is CCOc1c(OC)cccc1S(=O)(=O)Cl. The fourth-order valence-electron chi connectivity index (χ4n) is 1.14. The lowest BCUT2D eigenvalue weighted by atomic mass is 10.3. The molecule has 6 heteroatoms. The normalized spacial score (nSPS) is 11.1. The van der Waals surface area contributed by atoms with E-state index >= 15 is 0 Å². The maximum atomic E-state index is 11.2. The number of para-hydroxylation sites is 1. The molecule has 1 aromatic carbocycles. The van der Waals surface area contributed by atoms with E-state index in [0.29, 0.717) is 12.4 Å². The van der Waals surface area contributed by atoms with Gasteiger partial charge in [-0.05, 0) is 19.1 Å². The molecule has 0 radical (unpaired) electrons. The summed E-state index contributed by atoms with van der Waals surface area (Å²) in [4.78, 5) is -0.0784. The second-order valence-corrected chi connectivity index (χ2v) is 5.19. The van der Waals surface area contributed by atoms with Gasteiger partial charge in [-0.1, -0.05) is 6.07 Å². The molecule has 0 saturated heterocycles. The summed E-state index contributed by atoms with van der Waals surface area (Å²) in [5, 5.41) is 0. The summed E-state index contributed by atoms with van der Waals surface area (Å²) in [5.41, 5.74) is 0. The van der Waals surface area contributed by atoms with E-state index in [2.05, 4.69) is 0 Å². The second-order valence-electron chi connectivity index (χ2n) is 2.66. The highest BCUT2D eigenvalue weighted by Gasteiger charge is 2.20. The van der Waals surface area contributed by atoms with Gasteiger partial charge in [0.2, 0.25) is 0 Å². The lowest BCUT2D eigenvalue weighted by molar-refractivity contribution is 0.303. The molecule has 0 N–H and O–H groups in total. The van der Waals surface area contributed by atoms with Crippen molar-refractivity contribution in [2.45, 2.75) is 11.8 Å². The molecule has 1 rings (SSSR count). The standard InChI is InChI=1S/C9H11ClO4S/c1-3-14-9-7(13-2)5-4-6-8(9)15(10,11)12/h4-6H,3H2,1-2H3. The third-order valence-corrected chi connectivity index (χ3v) is 3.06. The van der Waals surface area contributed by atoms with Crippen LogP contribution in [0, 0.1) is 0 Å². The van der Waals surface area contributed by atoms with E-state index < -0.39 is 9.05 Å². The van der Waals surface area contributed by atoms with Gasteiger partial charge in [0.1, 0.15) is 4.90 Å². The molecule has 0 aromatic heterocycles. The minimum atomic E-state index is -3.82. The Morgan fingerprint density at radius 2 is 2.07 bits per heavy atom. The highest BCUT2D eigenvalue weighted by molar-refractivity contribution is 8.13. The van der Waals surface area contributed by atoms with E-state index in [-0.39, 0.29) is 10.6 Å². The van der Waals surface area contributed by atoms with Gasteiger partial charge in [-0.15, -0.1) is 0 Å². The van der Waals surface area contributed by atoms with Crippen LogP contribution in [0.2, 0.25) is 0 Å². The number of benzene rings is 1. The van der Waals surface area contributed by atoms with Crippen LogP contribution in [0.25, 0.3) is 0 Å². The molecule has 4 nitrogen and oxygen atoms in total. The molecule has 0 aliphatic carbocycles. The molecule has 0 spiro atoms. The van der Waals surface area contributed by atoms with Crippen LogP contribution in [0.15, 0.2) is 23.1 Å². The van der Waals surface area contributed by atoms with Crippen LogP contribution >= 0.6 is 10.7 Å². The van der Waals surface area contributed by atoms with Crippen LogP contribution in [0.1, 0.15) is 6.92 Å². The van der Waals surface area contributed by atoms with Crippen LogP contribution in [0.4, 0.5) is 0 Å². The molecule has 0 saturated carbocycles. The van der Waals surface area contributed by atoms with E-state index in [1.54, 1.807) is 13.0 Å². The Bertz CT molecular complexity index is 441. The quantitative estimate of drug-likeness (QED) is 0.768. The molecule has 0 aliphatic rings. The predicted octanol–water partition coefficient (Wildman–Crippen LogP) is 2.02. The number of hydrogen-bond acceptors (Lipinski definition) is 4. The molecule has 15 heavy (non-hydrogen) atoms. The first kappa shape index (κ1) is 12.1. The fourth-order valence-corrected chi connectivity index (χ4v) is 2.12. The Morgan fingerprint density at radius 1 is 1.40 bits per heavy atom. The maximum Gasteiger partial charge on any atom is 0.265 e. The van der Waals surface area contributed by atoms with Crippen molar-refractivity contribution in [3.05, 3.63) is 18.2 Å². The summed E-state index contributed by atoms with van der Waals surface area (Å²) in [7, 11) is 2.88. The third-order valence-electron chi connectivity index (χ3n) is 1.71. The highest BCUT2D eigenvalue weighted by Crippen LogP contribution is 2.35. The topological polar surface area (TPSA) is 52.6 Å². The van der Waals surface area contributed by atoms with Gasteiger partial charge in [-0.2, -0.15) is 0 Å². The van der Waals surface area contributed by atoms with E-state index in [1.807, 2.05) is 0 Å². The summed E-state index contributed by atoms with van der Waals surface area (Å²) in [5.74, 6) is 0.496. The summed E-state index contributed by atoms with van der Waals surface area (Å²) >= 11 is 0. The number of rotatable bonds is 4. The van der Waals surface area contributed by atoms with Crippen LogP contribution in [0.3, 0.4) is 0 Å². The molecule has 0 atom stereocenters. The Hall–Kier alpha value is -0.940. The lowest BCUT2D eigenvalue weighted by Gasteiger charge is -2.11. The maximum absolute atomic E-state index is 11.2. The highest BCUT2D eigenvalue weighted by atomic mass is 35.7. The third kappa shape index (κ3) is 2.76. The molecule has 0 aliphatic heterocycles. The zero-order valence-corrected chi connectivity index (χ0v) is 9.93. The molecule has 0 fully saturated rings. The van der Waals surface area contributed by atoms with Crippen molar-refractivity contribution in [2.75, 3.05) is 13.7 Å². The second kappa shape index (κ2) is 4.72.